The summed E-state index contributed by atoms with van der Waals surface area (Å²) >= 11 is 11.1. The van der Waals surface area contributed by atoms with Gasteiger partial charge in [0.25, 0.3) is 0 Å². The molecule has 168 valence electrons. The third-order valence-electron chi connectivity index (χ3n) is 5.71. The van der Waals surface area contributed by atoms with Crippen LogP contribution in [-0.4, -0.2) is 50.7 Å². The van der Waals surface area contributed by atoms with Crippen LogP contribution in [0.4, 0.5) is 9.93 Å². The Bertz CT molecular complexity index is 716. The van der Waals surface area contributed by atoms with Crippen molar-refractivity contribution in [1.29, 1.82) is 0 Å². The van der Waals surface area contributed by atoms with Crippen LogP contribution in [0.3, 0.4) is 0 Å². The molecule has 1 aliphatic heterocycles. The van der Waals surface area contributed by atoms with Crippen molar-refractivity contribution in [3.05, 3.63) is 5.01 Å². The Labute approximate surface area is 195 Å². The number of esters is 1. The van der Waals surface area contributed by atoms with E-state index in [0.717, 1.165) is 43.5 Å². The molecule has 1 saturated heterocycles. The van der Waals surface area contributed by atoms with E-state index in [1.165, 1.54) is 35.5 Å². The van der Waals surface area contributed by atoms with Crippen molar-refractivity contribution in [2.24, 2.45) is 0 Å². The number of unbranched alkanes of at least 4 members (excludes halogenated alkanes) is 2. The number of nitrogens with zero attached hydrogens (tertiary/aromatic N) is 4. The molecule has 0 radical (unpaired) electrons. The van der Waals surface area contributed by atoms with E-state index in [0.29, 0.717) is 24.0 Å². The van der Waals surface area contributed by atoms with E-state index in [1.807, 2.05) is 0 Å². The van der Waals surface area contributed by atoms with Crippen LogP contribution >= 0.6 is 38.9 Å². The van der Waals surface area contributed by atoms with Gasteiger partial charge in [-0.3, -0.25) is 4.79 Å². The van der Waals surface area contributed by atoms with Crippen LogP contribution in [0.25, 0.3) is 0 Å². The van der Waals surface area contributed by atoms with Crippen molar-refractivity contribution < 1.29 is 14.3 Å². The van der Waals surface area contributed by atoms with Gasteiger partial charge in [0.1, 0.15) is 15.8 Å². The normalized spacial score (nSPS) is 21.7. The summed E-state index contributed by atoms with van der Waals surface area (Å²) in [5, 5.41) is 10.2. The van der Waals surface area contributed by atoms with Crippen LogP contribution < -0.4 is 4.90 Å². The van der Waals surface area contributed by atoms with Gasteiger partial charge in [-0.05, 0) is 19.3 Å². The molecule has 1 aliphatic carbocycles. The Morgan fingerprint density at radius 1 is 1.27 bits per heavy atom. The molecule has 2 atom stereocenters. The number of aromatic nitrogens is 2. The largest absolute Gasteiger partial charge is 0.440 e. The topological polar surface area (TPSA) is 75.6 Å². The number of anilines is 1. The summed E-state index contributed by atoms with van der Waals surface area (Å²) in [6, 6.07) is -0.267. The molecule has 0 N–H and O–H groups in total. The fraction of sp³-hybridized carbons (Fsp3) is 0.800. The number of rotatable bonds is 9. The van der Waals surface area contributed by atoms with Gasteiger partial charge in [-0.1, -0.05) is 84.3 Å². The monoisotopic (exact) mass is 520 g/mol. The molecule has 2 heterocycles. The fourth-order valence-electron chi connectivity index (χ4n) is 4.05. The molecule has 7 nitrogen and oxygen atoms in total. The fourth-order valence-corrected chi connectivity index (χ4v) is 5.57. The van der Waals surface area contributed by atoms with Crippen molar-refractivity contribution in [3.8, 4) is 0 Å². The second-order valence-corrected chi connectivity index (χ2v) is 9.95. The number of carbonyl (C=O) groups excluding carboxylic acids is 2. The van der Waals surface area contributed by atoms with Crippen LogP contribution in [0.5, 0.6) is 0 Å². The molecule has 2 amide bonds. The van der Waals surface area contributed by atoms with Gasteiger partial charge in [-0.25, -0.2) is 9.69 Å². The summed E-state index contributed by atoms with van der Waals surface area (Å²) in [4.78, 5) is 28.4. The first kappa shape index (κ1) is 23.7. The molecule has 30 heavy (non-hydrogen) atoms. The average molecular weight is 522 g/mol. The minimum Gasteiger partial charge on any atom is -0.440 e. The van der Waals surface area contributed by atoms with Gasteiger partial charge >= 0.3 is 12.0 Å². The predicted octanol–water partition coefficient (Wildman–Crippen LogP) is 5.63. The van der Waals surface area contributed by atoms with Crippen LogP contribution in [-0.2, 0) is 9.53 Å². The molecule has 2 fully saturated rings. The third-order valence-corrected chi connectivity index (χ3v) is 7.70. The van der Waals surface area contributed by atoms with Crippen LogP contribution in [0.1, 0.15) is 82.1 Å². The summed E-state index contributed by atoms with van der Waals surface area (Å²) in [6.45, 7) is 2.59. The van der Waals surface area contributed by atoms with E-state index >= 15 is 0 Å². The van der Waals surface area contributed by atoms with E-state index in [-0.39, 0.29) is 16.9 Å². The van der Waals surface area contributed by atoms with E-state index in [9.17, 15) is 9.59 Å². The number of alkyl halides is 2. The molecule has 2 aliphatic rings. The molecule has 0 bridgehead atoms. The molecule has 3 rings (SSSR count). The molecule has 1 aromatic heterocycles. The first-order valence-electron chi connectivity index (χ1n) is 10.9. The minimum atomic E-state index is -0.689. The number of amides is 2. The Morgan fingerprint density at radius 2 is 2.03 bits per heavy atom. The Balaban J connectivity index is 1.78. The van der Waals surface area contributed by atoms with E-state index in [4.69, 9.17) is 16.3 Å². The second-order valence-electron chi connectivity index (χ2n) is 7.90. The van der Waals surface area contributed by atoms with Gasteiger partial charge in [0.15, 0.2) is 6.23 Å². The molecule has 0 spiro atoms. The lowest BCUT2D eigenvalue weighted by molar-refractivity contribution is -0.146. The van der Waals surface area contributed by atoms with Gasteiger partial charge in [-0.15, -0.1) is 10.2 Å². The van der Waals surface area contributed by atoms with E-state index in [1.54, 1.807) is 4.90 Å². The summed E-state index contributed by atoms with van der Waals surface area (Å²) in [6.07, 6.45) is 9.58. The van der Waals surface area contributed by atoms with Crippen LogP contribution in [0.15, 0.2) is 0 Å². The number of hydrogen-bond donors (Lipinski definition) is 0. The Hall–Kier alpha value is -0.930. The molecule has 10 heteroatoms. The quantitative estimate of drug-likeness (QED) is 0.182. The number of hydrogen-bond acceptors (Lipinski definition) is 6. The lowest BCUT2D eigenvalue weighted by atomic mass is 9.90. The van der Waals surface area contributed by atoms with Crippen molar-refractivity contribution in [2.75, 3.05) is 16.8 Å². The van der Waals surface area contributed by atoms with Gasteiger partial charge < -0.3 is 9.64 Å². The number of halogens is 2. The molecular weight excluding hydrogens is 492 g/mol. The zero-order valence-electron chi connectivity index (χ0n) is 17.4. The molecule has 0 aromatic carbocycles. The zero-order valence-corrected chi connectivity index (χ0v) is 20.6. The number of urea groups is 1. The Morgan fingerprint density at radius 3 is 2.73 bits per heavy atom. The van der Waals surface area contributed by atoms with Crippen molar-refractivity contribution in [2.45, 2.75) is 88.8 Å². The summed E-state index contributed by atoms with van der Waals surface area (Å²) in [5.74, 6) is -0.00649. The van der Waals surface area contributed by atoms with Crippen molar-refractivity contribution >= 4 is 56.0 Å². The van der Waals surface area contributed by atoms with E-state index in [2.05, 4.69) is 33.1 Å². The highest BCUT2D eigenvalue weighted by atomic mass is 79.9. The second kappa shape index (κ2) is 11.6. The molecule has 1 aromatic rings. The standard InChI is InChI=1S/C20H30BrClN4O3S/c1-2-3-5-10-15(22)25-12-11-16(29-17(27)13-21)26(20(25)28)19-24-23-18(30-19)14-8-6-4-7-9-14/h14-16H,2-13H2,1H3. The van der Waals surface area contributed by atoms with Gasteiger partial charge in [0.2, 0.25) is 5.13 Å². The predicted molar refractivity (Wildman–Crippen MR) is 122 cm³/mol. The van der Waals surface area contributed by atoms with Crippen molar-refractivity contribution in [3.63, 3.8) is 0 Å². The number of carbonyl (C=O) groups is 2. The van der Waals surface area contributed by atoms with Gasteiger partial charge in [-0.2, -0.15) is 0 Å². The van der Waals surface area contributed by atoms with Crippen LogP contribution in [0.2, 0.25) is 0 Å². The average Bonchev–Trinajstić information content (AvgIpc) is 3.24. The molecule has 2 unspecified atom stereocenters. The number of ether oxygens (including phenoxy) is 1. The van der Waals surface area contributed by atoms with Crippen LogP contribution in [0, 0.1) is 0 Å². The van der Waals surface area contributed by atoms with Gasteiger partial charge in [0.05, 0.1) is 0 Å². The first-order chi connectivity index (χ1) is 14.5. The SMILES string of the molecule is CCCCCC(Cl)N1CCC(OC(=O)CBr)N(c2nnc(C3CCCCC3)s2)C1=O. The highest BCUT2D eigenvalue weighted by molar-refractivity contribution is 9.09. The van der Waals surface area contributed by atoms with Crippen molar-refractivity contribution in [1.82, 2.24) is 15.1 Å². The smallest absolute Gasteiger partial charge is 0.330 e. The maximum absolute atomic E-state index is 13.4. The molecular formula is C20H30BrClN4O3S. The maximum Gasteiger partial charge on any atom is 0.330 e. The summed E-state index contributed by atoms with van der Waals surface area (Å²) < 4.78 is 5.55. The third kappa shape index (κ3) is 5.85. The summed E-state index contributed by atoms with van der Waals surface area (Å²) in [5.41, 5.74) is -0.384. The first-order valence-corrected chi connectivity index (χ1v) is 13.2. The minimum absolute atomic E-state index is 0.0772. The Kier molecular flexibility index (Phi) is 9.19. The molecule has 1 saturated carbocycles. The highest BCUT2D eigenvalue weighted by Gasteiger charge is 2.41. The lowest BCUT2D eigenvalue weighted by Crippen LogP contribution is -2.58. The summed E-state index contributed by atoms with van der Waals surface area (Å²) in [7, 11) is 0. The lowest BCUT2D eigenvalue weighted by Gasteiger charge is -2.40. The van der Waals surface area contributed by atoms with E-state index < -0.39 is 12.2 Å². The maximum atomic E-state index is 13.4. The zero-order chi connectivity index (χ0) is 21.5. The van der Waals surface area contributed by atoms with Gasteiger partial charge in [0, 0.05) is 18.9 Å². The highest BCUT2D eigenvalue weighted by Crippen LogP contribution is 2.38.